The quantitative estimate of drug-likeness (QED) is 0.499. The Morgan fingerprint density at radius 1 is 0.806 bits per heavy atom. The fraction of sp³-hybridized carbons (Fsp3) is 0.154. The van der Waals surface area contributed by atoms with Crippen molar-refractivity contribution in [2.75, 3.05) is 16.8 Å². The number of hydrogen-bond donors (Lipinski definition) is 0. The third-order valence-electron chi connectivity index (χ3n) is 5.81. The Morgan fingerprint density at radius 3 is 2.19 bits per heavy atom. The number of halogens is 1. The molecule has 4 nitrogen and oxygen atoms in total. The summed E-state index contributed by atoms with van der Waals surface area (Å²) in [5, 5.41) is 0.510. The first kappa shape index (κ1) is 20.9. The van der Waals surface area contributed by atoms with E-state index in [1.807, 2.05) is 76.3 Å². The number of amides is 2. The molecule has 0 radical (unpaired) electrons. The Labute approximate surface area is 187 Å². The summed E-state index contributed by atoms with van der Waals surface area (Å²) in [6, 6.07) is 20.6. The number of carbonyl (C=O) groups excluding carboxylic acids is 2. The van der Waals surface area contributed by atoms with E-state index in [0.717, 1.165) is 22.4 Å². The molecule has 0 atom stereocenters. The molecule has 1 aliphatic heterocycles. The van der Waals surface area contributed by atoms with Crippen LogP contribution in [0.4, 0.5) is 11.4 Å². The van der Waals surface area contributed by atoms with Gasteiger partial charge in [0.15, 0.2) is 0 Å². The largest absolute Gasteiger partial charge is 0.339 e. The number of rotatable bonds is 4. The van der Waals surface area contributed by atoms with E-state index in [0.29, 0.717) is 27.5 Å². The summed E-state index contributed by atoms with van der Waals surface area (Å²) in [5.74, 6) is -0.716. The number of benzene rings is 3. The molecular weight excluding hydrogens is 408 g/mol. The van der Waals surface area contributed by atoms with Crippen LogP contribution >= 0.6 is 11.6 Å². The Morgan fingerprint density at radius 2 is 1.52 bits per heavy atom. The van der Waals surface area contributed by atoms with Gasteiger partial charge < -0.3 is 4.90 Å². The molecule has 3 aromatic rings. The van der Waals surface area contributed by atoms with Crippen LogP contribution in [0.1, 0.15) is 22.3 Å². The summed E-state index contributed by atoms with van der Waals surface area (Å²) in [6.07, 6.45) is 0. The highest BCUT2D eigenvalue weighted by Crippen LogP contribution is 2.38. The van der Waals surface area contributed by atoms with E-state index in [9.17, 15) is 9.59 Å². The van der Waals surface area contributed by atoms with E-state index < -0.39 is 0 Å². The second-order valence-electron chi connectivity index (χ2n) is 7.75. The minimum atomic E-state index is -0.366. The zero-order valence-electron chi connectivity index (χ0n) is 17.9. The Hall–Kier alpha value is -3.37. The van der Waals surface area contributed by atoms with E-state index in [1.54, 1.807) is 23.1 Å². The van der Waals surface area contributed by atoms with Gasteiger partial charge in [-0.3, -0.25) is 9.59 Å². The topological polar surface area (TPSA) is 40.6 Å². The van der Waals surface area contributed by atoms with Gasteiger partial charge in [0.2, 0.25) is 0 Å². The van der Waals surface area contributed by atoms with Crippen molar-refractivity contribution in [3.05, 3.63) is 99.7 Å². The molecule has 0 unspecified atom stereocenters. The van der Waals surface area contributed by atoms with E-state index in [2.05, 4.69) is 0 Å². The number of hydrogen-bond acceptors (Lipinski definition) is 3. The molecule has 2 amide bonds. The fourth-order valence-electron chi connectivity index (χ4n) is 3.82. The molecule has 31 heavy (non-hydrogen) atoms. The third kappa shape index (κ3) is 3.53. The average molecular weight is 431 g/mol. The van der Waals surface area contributed by atoms with Crippen molar-refractivity contribution in [1.82, 2.24) is 0 Å². The van der Waals surface area contributed by atoms with Gasteiger partial charge in [-0.25, -0.2) is 4.90 Å². The number of nitrogens with zero attached hydrogens (tertiary/aromatic N) is 2. The number of imide groups is 1. The zero-order chi connectivity index (χ0) is 22.3. The summed E-state index contributed by atoms with van der Waals surface area (Å²) in [6.45, 7) is 5.83. The van der Waals surface area contributed by atoms with Gasteiger partial charge in [0, 0.05) is 17.8 Å². The van der Waals surface area contributed by atoms with Crippen molar-refractivity contribution in [1.29, 1.82) is 0 Å². The van der Waals surface area contributed by atoms with Crippen molar-refractivity contribution in [2.24, 2.45) is 0 Å². The van der Waals surface area contributed by atoms with Gasteiger partial charge in [-0.2, -0.15) is 0 Å². The maximum atomic E-state index is 13.7. The molecule has 1 heterocycles. The Balaban J connectivity index is 1.93. The van der Waals surface area contributed by atoms with Crippen molar-refractivity contribution < 1.29 is 9.59 Å². The molecule has 1 aliphatic rings. The van der Waals surface area contributed by atoms with Gasteiger partial charge in [0.05, 0.1) is 11.3 Å². The second kappa shape index (κ2) is 8.05. The maximum Gasteiger partial charge on any atom is 0.282 e. The van der Waals surface area contributed by atoms with Gasteiger partial charge in [-0.15, -0.1) is 0 Å². The number of carbonyl (C=O) groups is 2. The minimum absolute atomic E-state index is 0.346. The fourth-order valence-corrected chi connectivity index (χ4v) is 3.99. The number of aryl methyl sites for hydroxylation is 2. The van der Waals surface area contributed by atoms with Crippen LogP contribution in [0, 0.1) is 20.8 Å². The van der Waals surface area contributed by atoms with Crippen LogP contribution in [-0.2, 0) is 9.59 Å². The molecule has 0 bridgehead atoms. The van der Waals surface area contributed by atoms with Crippen molar-refractivity contribution in [3.8, 4) is 0 Å². The lowest BCUT2D eigenvalue weighted by molar-refractivity contribution is -0.120. The second-order valence-corrected chi connectivity index (χ2v) is 8.15. The third-order valence-corrected chi connectivity index (χ3v) is 6.22. The number of likely N-dealkylation sites (N-methyl/N-ethyl adjacent to an activating group) is 1. The molecule has 0 N–H and O–H groups in total. The minimum Gasteiger partial charge on any atom is -0.339 e. The summed E-state index contributed by atoms with van der Waals surface area (Å²) in [4.78, 5) is 30.4. The molecule has 0 fully saturated rings. The van der Waals surface area contributed by atoms with Crippen LogP contribution in [0.25, 0.3) is 5.57 Å². The van der Waals surface area contributed by atoms with E-state index in [-0.39, 0.29) is 11.8 Å². The zero-order valence-corrected chi connectivity index (χ0v) is 18.7. The van der Waals surface area contributed by atoms with E-state index >= 15 is 0 Å². The van der Waals surface area contributed by atoms with Gasteiger partial charge in [0.25, 0.3) is 11.8 Å². The summed E-state index contributed by atoms with van der Waals surface area (Å²) in [7, 11) is 1.81. The predicted molar refractivity (Wildman–Crippen MR) is 126 cm³/mol. The highest BCUT2D eigenvalue weighted by atomic mass is 35.5. The molecule has 0 aromatic heterocycles. The van der Waals surface area contributed by atoms with Crippen molar-refractivity contribution in [2.45, 2.75) is 20.8 Å². The monoisotopic (exact) mass is 430 g/mol. The first-order valence-corrected chi connectivity index (χ1v) is 10.4. The van der Waals surface area contributed by atoms with Gasteiger partial charge in [-0.05, 0) is 67.3 Å². The molecule has 0 saturated heterocycles. The highest BCUT2D eigenvalue weighted by Gasteiger charge is 2.42. The summed E-state index contributed by atoms with van der Waals surface area (Å²) >= 11 is 6.30. The van der Waals surface area contributed by atoms with Gasteiger partial charge in [-0.1, -0.05) is 54.1 Å². The lowest BCUT2D eigenvalue weighted by Gasteiger charge is -2.22. The number of anilines is 2. The number of para-hydroxylation sites is 1. The average Bonchev–Trinajstić information content (AvgIpc) is 3.02. The Kier molecular flexibility index (Phi) is 5.42. The summed E-state index contributed by atoms with van der Waals surface area (Å²) < 4.78 is 0. The molecule has 156 valence electrons. The van der Waals surface area contributed by atoms with Crippen LogP contribution in [0.15, 0.2) is 72.4 Å². The van der Waals surface area contributed by atoms with Crippen LogP contribution in [-0.4, -0.2) is 18.9 Å². The van der Waals surface area contributed by atoms with Crippen LogP contribution in [0.5, 0.6) is 0 Å². The van der Waals surface area contributed by atoms with E-state index in [4.69, 9.17) is 11.6 Å². The molecule has 0 aliphatic carbocycles. The maximum absolute atomic E-state index is 13.7. The van der Waals surface area contributed by atoms with Crippen LogP contribution in [0.3, 0.4) is 0 Å². The molecule has 4 rings (SSSR count). The summed E-state index contributed by atoms with van der Waals surface area (Å²) in [5.41, 5.74) is 5.66. The van der Waals surface area contributed by atoms with Crippen LogP contribution in [0.2, 0.25) is 5.02 Å². The standard InChI is InChI=1S/C26H23ClN2O2/c1-16-13-14-19(15-17(16)2)23-24(28(4)20-9-6-5-7-10-20)26(31)29(25(23)30)22-12-8-11-21(27)18(22)3/h5-15H,1-4H3. The SMILES string of the molecule is Cc1ccc(C2=C(N(C)c3ccccc3)C(=O)N(c3cccc(Cl)c3C)C2=O)cc1C. The van der Waals surface area contributed by atoms with Crippen LogP contribution < -0.4 is 9.80 Å². The first-order chi connectivity index (χ1) is 14.8. The predicted octanol–water partition coefficient (Wildman–Crippen LogP) is 5.69. The smallest absolute Gasteiger partial charge is 0.282 e. The molecule has 3 aromatic carbocycles. The first-order valence-electron chi connectivity index (χ1n) is 10.1. The van der Waals surface area contributed by atoms with Gasteiger partial charge in [0.1, 0.15) is 5.70 Å². The lowest BCUT2D eigenvalue weighted by Crippen LogP contribution is -2.34. The normalized spacial score (nSPS) is 13.9. The van der Waals surface area contributed by atoms with Crippen molar-refractivity contribution >= 4 is 40.4 Å². The molecular formula is C26H23ClN2O2. The molecule has 5 heteroatoms. The molecule has 0 spiro atoms. The molecule has 0 saturated carbocycles. The van der Waals surface area contributed by atoms with E-state index in [1.165, 1.54) is 4.90 Å². The lowest BCUT2D eigenvalue weighted by atomic mass is 9.99. The highest BCUT2D eigenvalue weighted by molar-refractivity contribution is 6.46. The Bertz CT molecular complexity index is 1230. The van der Waals surface area contributed by atoms with Gasteiger partial charge >= 0.3 is 0 Å². The van der Waals surface area contributed by atoms with Crippen molar-refractivity contribution in [3.63, 3.8) is 0 Å².